The highest BCUT2D eigenvalue weighted by Gasteiger charge is 2.24. The van der Waals surface area contributed by atoms with Crippen LogP contribution in [0.4, 0.5) is 0 Å². The summed E-state index contributed by atoms with van der Waals surface area (Å²) in [6.07, 6.45) is 6.35. The molecule has 2 aromatic rings. The Labute approximate surface area is 135 Å². The van der Waals surface area contributed by atoms with E-state index in [2.05, 4.69) is 30.9 Å². The molecule has 6 heteroatoms. The zero-order valence-corrected chi connectivity index (χ0v) is 13.7. The van der Waals surface area contributed by atoms with Gasteiger partial charge in [0, 0.05) is 16.2 Å². The molecule has 0 radical (unpaired) electrons. The van der Waals surface area contributed by atoms with Gasteiger partial charge in [-0.25, -0.2) is 9.97 Å². The van der Waals surface area contributed by atoms with Crippen molar-refractivity contribution in [3.63, 3.8) is 0 Å². The maximum absolute atomic E-state index is 6.32. The lowest BCUT2D eigenvalue weighted by Crippen LogP contribution is -2.02. The molecule has 0 atom stereocenters. The Morgan fingerprint density at radius 1 is 1.05 bits per heavy atom. The van der Waals surface area contributed by atoms with Crippen LogP contribution in [0, 0.1) is 0 Å². The molecular weight excluding hydrogens is 361 g/mol. The maximum atomic E-state index is 6.32. The lowest BCUT2D eigenvalue weighted by Gasteiger charge is -2.13. The summed E-state index contributed by atoms with van der Waals surface area (Å²) in [7, 11) is 0. The van der Waals surface area contributed by atoms with E-state index in [9.17, 15) is 0 Å². The molecule has 0 saturated heterocycles. The van der Waals surface area contributed by atoms with E-state index in [1.54, 1.807) is 6.20 Å². The van der Waals surface area contributed by atoms with Gasteiger partial charge in [-0.15, -0.1) is 0 Å². The van der Waals surface area contributed by atoms with Gasteiger partial charge in [0.05, 0.1) is 0 Å². The molecule has 2 aromatic heterocycles. The average Bonchev–Trinajstić information content (AvgIpc) is 2.92. The molecule has 1 aliphatic rings. The van der Waals surface area contributed by atoms with E-state index >= 15 is 0 Å². The normalized spacial score (nSPS) is 15.8. The minimum atomic E-state index is 0.391. The maximum Gasteiger partial charge on any atom is 0.181 e. The highest BCUT2D eigenvalue weighted by Crippen LogP contribution is 2.40. The van der Waals surface area contributed by atoms with Crippen LogP contribution in [0.25, 0.3) is 11.5 Å². The third-order valence-electron chi connectivity index (χ3n) is 3.57. The molecule has 104 valence electrons. The van der Waals surface area contributed by atoms with E-state index in [1.165, 1.54) is 12.8 Å². The zero-order valence-electron chi connectivity index (χ0n) is 10.6. The molecule has 0 spiro atoms. The van der Waals surface area contributed by atoms with E-state index in [0.29, 0.717) is 27.7 Å². The van der Waals surface area contributed by atoms with Gasteiger partial charge in [-0.1, -0.05) is 36.0 Å². The van der Waals surface area contributed by atoms with Crippen LogP contribution in [0.15, 0.2) is 22.8 Å². The van der Waals surface area contributed by atoms with Crippen LogP contribution in [-0.4, -0.2) is 15.0 Å². The molecule has 3 rings (SSSR count). The first kappa shape index (κ1) is 14.2. The van der Waals surface area contributed by atoms with Crippen molar-refractivity contribution >= 4 is 39.1 Å². The van der Waals surface area contributed by atoms with Crippen LogP contribution in [0.5, 0.6) is 0 Å². The Balaban J connectivity index is 2.00. The summed E-state index contributed by atoms with van der Waals surface area (Å²) in [5.74, 6) is 0.858. The fourth-order valence-corrected chi connectivity index (χ4v) is 3.52. The zero-order chi connectivity index (χ0) is 14.1. The third-order valence-corrected chi connectivity index (χ3v) is 4.62. The van der Waals surface area contributed by atoms with Crippen LogP contribution in [0.1, 0.15) is 37.2 Å². The second kappa shape index (κ2) is 5.96. The van der Waals surface area contributed by atoms with Crippen LogP contribution >= 0.6 is 39.1 Å². The molecule has 0 unspecified atom stereocenters. The second-order valence-electron chi connectivity index (χ2n) is 4.89. The second-order valence-corrected chi connectivity index (χ2v) is 6.52. The van der Waals surface area contributed by atoms with Crippen LogP contribution in [-0.2, 0) is 0 Å². The fourth-order valence-electron chi connectivity index (χ4n) is 2.59. The van der Waals surface area contributed by atoms with E-state index in [0.717, 1.165) is 22.9 Å². The summed E-state index contributed by atoms with van der Waals surface area (Å²) >= 11 is 16.0. The molecular formula is C14H12BrCl2N3. The van der Waals surface area contributed by atoms with Gasteiger partial charge in [0.2, 0.25) is 0 Å². The highest BCUT2D eigenvalue weighted by molar-refractivity contribution is 9.10. The smallest absolute Gasteiger partial charge is 0.181 e. The molecule has 3 nitrogen and oxygen atoms in total. The molecule has 1 saturated carbocycles. The molecule has 0 N–H and O–H groups in total. The van der Waals surface area contributed by atoms with Crippen molar-refractivity contribution in [2.75, 3.05) is 0 Å². The van der Waals surface area contributed by atoms with Crippen molar-refractivity contribution in [1.29, 1.82) is 0 Å². The summed E-state index contributed by atoms with van der Waals surface area (Å²) < 4.78 is 0.904. The summed E-state index contributed by atoms with van der Waals surface area (Å²) in [6.45, 7) is 0. The quantitative estimate of drug-likeness (QED) is 0.674. The SMILES string of the molecule is Clc1nc(-c2ccc(Br)cn2)nc(Cl)c1C1CCCC1. The summed E-state index contributed by atoms with van der Waals surface area (Å²) in [4.78, 5) is 13.0. The number of rotatable bonds is 2. The van der Waals surface area contributed by atoms with E-state index in [1.807, 2.05) is 12.1 Å². The monoisotopic (exact) mass is 371 g/mol. The Morgan fingerprint density at radius 3 is 2.25 bits per heavy atom. The Hall–Kier alpha value is -0.710. The third kappa shape index (κ3) is 2.83. The van der Waals surface area contributed by atoms with Gasteiger partial charge in [-0.3, -0.25) is 4.98 Å². The number of hydrogen-bond acceptors (Lipinski definition) is 3. The van der Waals surface area contributed by atoms with Crippen molar-refractivity contribution in [2.24, 2.45) is 0 Å². The molecule has 0 amide bonds. The van der Waals surface area contributed by atoms with Gasteiger partial charge < -0.3 is 0 Å². The lowest BCUT2D eigenvalue weighted by atomic mass is 10.0. The van der Waals surface area contributed by atoms with Gasteiger partial charge in [0.1, 0.15) is 16.0 Å². The van der Waals surface area contributed by atoms with E-state index < -0.39 is 0 Å². The fraction of sp³-hybridized carbons (Fsp3) is 0.357. The predicted octanol–water partition coefficient (Wildman–Crippen LogP) is 5.27. The summed E-state index contributed by atoms with van der Waals surface area (Å²) in [5, 5.41) is 0.910. The number of nitrogens with zero attached hydrogens (tertiary/aromatic N) is 3. The lowest BCUT2D eigenvalue weighted by molar-refractivity contribution is 0.715. The average molecular weight is 373 g/mol. The number of hydrogen-bond donors (Lipinski definition) is 0. The van der Waals surface area contributed by atoms with Gasteiger partial charge >= 0.3 is 0 Å². The van der Waals surface area contributed by atoms with Crippen molar-refractivity contribution in [2.45, 2.75) is 31.6 Å². The summed E-state index contributed by atoms with van der Waals surface area (Å²) in [5.41, 5.74) is 1.56. The van der Waals surface area contributed by atoms with Crippen LogP contribution in [0.2, 0.25) is 10.3 Å². The molecule has 2 heterocycles. The van der Waals surface area contributed by atoms with Crippen LogP contribution in [0.3, 0.4) is 0 Å². The minimum absolute atomic E-state index is 0.391. The molecule has 0 bridgehead atoms. The molecule has 0 aliphatic heterocycles. The van der Waals surface area contributed by atoms with Crippen molar-refractivity contribution < 1.29 is 0 Å². The number of pyridine rings is 1. The van der Waals surface area contributed by atoms with Crippen molar-refractivity contribution in [3.8, 4) is 11.5 Å². The van der Waals surface area contributed by atoms with Gasteiger partial charge in [-0.05, 0) is 46.8 Å². The first-order chi connectivity index (χ1) is 9.65. The van der Waals surface area contributed by atoms with Crippen molar-refractivity contribution in [3.05, 3.63) is 38.7 Å². The van der Waals surface area contributed by atoms with Crippen molar-refractivity contribution in [1.82, 2.24) is 15.0 Å². The Morgan fingerprint density at radius 2 is 1.70 bits per heavy atom. The standard InChI is InChI=1S/C14H12BrCl2N3/c15-9-5-6-10(18-7-9)14-19-12(16)11(13(17)20-14)8-3-1-2-4-8/h5-8H,1-4H2. The Bertz CT molecular complexity index is 602. The van der Waals surface area contributed by atoms with E-state index in [4.69, 9.17) is 23.2 Å². The first-order valence-corrected chi connectivity index (χ1v) is 8.05. The van der Waals surface area contributed by atoms with E-state index in [-0.39, 0.29) is 0 Å². The van der Waals surface area contributed by atoms with Crippen LogP contribution < -0.4 is 0 Å². The highest BCUT2D eigenvalue weighted by atomic mass is 79.9. The van der Waals surface area contributed by atoms with Gasteiger partial charge in [0.25, 0.3) is 0 Å². The minimum Gasteiger partial charge on any atom is -0.252 e. The molecule has 20 heavy (non-hydrogen) atoms. The molecule has 1 fully saturated rings. The first-order valence-electron chi connectivity index (χ1n) is 6.50. The number of halogens is 3. The predicted molar refractivity (Wildman–Crippen MR) is 84.2 cm³/mol. The molecule has 1 aliphatic carbocycles. The summed E-state index contributed by atoms with van der Waals surface area (Å²) in [6, 6.07) is 3.72. The topological polar surface area (TPSA) is 38.7 Å². The number of aromatic nitrogens is 3. The van der Waals surface area contributed by atoms with Gasteiger partial charge in [0.15, 0.2) is 5.82 Å². The Kier molecular flexibility index (Phi) is 4.24. The largest absolute Gasteiger partial charge is 0.252 e. The van der Waals surface area contributed by atoms with Gasteiger partial charge in [-0.2, -0.15) is 0 Å². The molecule has 0 aromatic carbocycles.